The fraction of sp³-hybridized carbons (Fsp3) is 0.222. The zero-order valence-corrected chi connectivity index (χ0v) is 8.86. The Morgan fingerprint density at radius 2 is 2.40 bits per heavy atom. The van der Waals surface area contributed by atoms with Crippen molar-refractivity contribution in [3.63, 3.8) is 0 Å². The molecule has 15 heavy (non-hydrogen) atoms. The van der Waals surface area contributed by atoms with Crippen LogP contribution in [-0.2, 0) is 11.2 Å². The summed E-state index contributed by atoms with van der Waals surface area (Å²) in [5.41, 5.74) is 0.688. The molecule has 0 aliphatic rings. The first-order valence-corrected chi connectivity index (χ1v) is 5.15. The van der Waals surface area contributed by atoms with Crippen LogP contribution in [0.15, 0.2) is 18.6 Å². The van der Waals surface area contributed by atoms with Gasteiger partial charge in [0.2, 0.25) is 0 Å². The van der Waals surface area contributed by atoms with Crippen LogP contribution in [0.5, 0.6) is 0 Å². The van der Waals surface area contributed by atoms with Gasteiger partial charge in [0.05, 0.1) is 23.8 Å². The number of nitrogens with zero attached hydrogens (tertiary/aromatic N) is 3. The number of aliphatic carboxylic acids is 1. The van der Waals surface area contributed by atoms with Gasteiger partial charge in [-0.25, -0.2) is 9.67 Å². The van der Waals surface area contributed by atoms with Crippen molar-refractivity contribution in [2.45, 2.75) is 13.3 Å². The van der Waals surface area contributed by atoms with E-state index in [0.717, 1.165) is 10.0 Å². The molecule has 78 valence electrons. The third kappa shape index (κ3) is 2.21. The van der Waals surface area contributed by atoms with E-state index < -0.39 is 5.97 Å². The first-order chi connectivity index (χ1) is 7.15. The average molecular weight is 223 g/mol. The minimum Gasteiger partial charge on any atom is -0.481 e. The number of carbonyl (C=O) groups is 1. The monoisotopic (exact) mass is 223 g/mol. The van der Waals surface area contributed by atoms with E-state index in [4.69, 9.17) is 5.11 Å². The van der Waals surface area contributed by atoms with Gasteiger partial charge in [-0.3, -0.25) is 4.79 Å². The fourth-order valence-corrected chi connectivity index (χ4v) is 1.91. The molecule has 0 saturated heterocycles. The van der Waals surface area contributed by atoms with Crippen molar-refractivity contribution in [3.05, 3.63) is 29.2 Å². The first kappa shape index (κ1) is 9.85. The molecule has 6 heteroatoms. The van der Waals surface area contributed by atoms with Gasteiger partial charge in [0, 0.05) is 11.8 Å². The lowest BCUT2D eigenvalue weighted by Gasteiger charge is -1.92. The van der Waals surface area contributed by atoms with E-state index in [0.29, 0.717) is 5.56 Å². The molecule has 0 amide bonds. The van der Waals surface area contributed by atoms with Crippen LogP contribution >= 0.6 is 11.3 Å². The molecule has 0 radical (unpaired) electrons. The Kier molecular flexibility index (Phi) is 2.51. The Balaban J connectivity index is 2.23. The first-order valence-electron chi connectivity index (χ1n) is 4.33. The molecule has 5 nitrogen and oxygen atoms in total. The van der Waals surface area contributed by atoms with Gasteiger partial charge in [-0.15, -0.1) is 0 Å². The van der Waals surface area contributed by atoms with Gasteiger partial charge in [0.15, 0.2) is 0 Å². The number of thiazole rings is 1. The number of aryl methyl sites for hydroxylation is 1. The van der Waals surface area contributed by atoms with E-state index in [2.05, 4.69) is 10.1 Å². The predicted octanol–water partition coefficient (Wildman–Crippen LogP) is 1.26. The van der Waals surface area contributed by atoms with E-state index in [1.54, 1.807) is 23.3 Å². The number of hydrogen-bond donors (Lipinski definition) is 1. The lowest BCUT2D eigenvalue weighted by molar-refractivity contribution is -0.136. The smallest absolute Gasteiger partial charge is 0.307 e. The Labute approximate surface area is 90.0 Å². The van der Waals surface area contributed by atoms with Crippen LogP contribution in [-0.4, -0.2) is 25.8 Å². The van der Waals surface area contributed by atoms with Crippen LogP contribution in [0.25, 0.3) is 5.00 Å². The van der Waals surface area contributed by atoms with Gasteiger partial charge >= 0.3 is 5.97 Å². The maximum atomic E-state index is 10.5. The summed E-state index contributed by atoms with van der Waals surface area (Å²) in [5, 5.41) is 14.5. The van der Waals surface area contributed by atoms with Gasteiger partial charge in [-0.2, -0.15) is 5.10 Å². The Hall–Kier alpha value is -1.69. The third-order valence-corrected chi connectivity index (χ3v) is 2.73. The quantitative estimate of drug-likeness (QED) is 0.850. The van der Waals surface area contributed by atoms with Gasteiger partial charge in [-0.05, 0) is 6.92 Å². The highest BCUT2D eigenvalue weighted by atomic mass is 32.1. The average Bonchev–Trinajstić information content (AvgIpc) is 2.72. The van der Waals surface area contributed by atoms with Gasteiger partial charge in [0.1, 0.15) is 5.00 Å². The molecule has 0 bridgehead atoms. The minimum atomic E-state index is -0.852. The van der Waals surface area contributed by atoms with Crippen LogP contribution in [0, 0.1) is 6.92 Å². The van der Waals surface area contributed by atoms with Crippen molar-refractivity contribution in [2.75, 3.05) is 0 Å². The molecule has 2 heterocycles. The fourth-order valence-electron chi connectivity index (χ4n) is 1.20. The number of rotatable bonds is 3. The summed E-state index contributed by atoms with van der Waals surface area (Å²) in [6, 6.07) is 0. The zero-order chi connectivity index (χ0) is 10.8. The SMILES string of the molecule is Cc1ncc(-n2cc(CC(=O)O)cn2)s1. The molecule has 0 saturated carbocycles. The van der Waals surface area contributed by atoms with E-state index >= 15 is 0 Å². The summed E-state index contributed by atoms with van der Waals surface area (Å²) < 4.78 is 1.64. The topological polar surface area (TPSA) is 68.0 Å². The van der Waals surface area contributed by atoms with Crippen molar-refractivity contribution in [3.8, 4) is 5.00 Å². The number of carboxylic acids is 1. The van der Waals surface area contributed by atoms with Gasteiger partial charge < -0.3 is 5.11 Å². The summed E-state index contributed by atoms with van der Waals surface area (Å²) in [5.74, 6) is -0.852. The summed E-state index contributed by atoms with van der Waals surface area (Å²) in [6.45, 7) is 1.91. The molecule has 0 fully saturated rings. The minimum absolute atomic E-state index is 0.00220. The van der Waals surface area contributed by atoms with Crippen molar-refractivity contribution >= 4 is 17.3 Å². The Morgan fingerprint density at radius 1 is 1.60 bits per heavy atom. The van der Waals surface area contributed by atoms with Crippen molar-refractivity contribution < 1.29 is 9.90 Å². The van der Waals surface area contributed by atoms with Crippen LogP contribution < -0.4 is 0 Å². The second kappa shape index (κ2) is 3.82. The number of carboxylic acid groups (broad SMARTS) is 1. The van der Waals surface area contributed by atoms with E-state index in [9.17, 15) is 4.79 Å². The highest BCUT2D eigenvalue weighted by Gasteiger charge is 2.06. The highest BCUT2D eigenvalue weighted by molar-refractivity contribution is 7.14. The van der Waals surface area contributed by atoms with Crippen molar-refractivity contribution in [1.82, 2.24) is 14.8 Å². The lowest BCUT2D eigenvalue weighted by atomic mass is 10.3. The molecule has 1 N–H and O–H groups in total. The second-order valence-electron chi connectivity index (χ2n) is 3.08. The maximum Gasteiger partial charge on any atom is 0.307 e. The van der Waals surface area contributed by atoms with Crippen LogP contribution in [0.2, 0.25) is 0 Å². The molecule has 0 atom stereocenters. The van der Waals surface area contributed by atoms with Gasteiger partial charge in [0.25, 0.3) is 0 Å². The molecule has 0 aliphatic carbocycles. The molecular weight excluding hydrogens is 214 g/mol. The number of hydrogen-bond acceptors (Lipinski definition) is 4. The summed E-state index contributed by atoms with van der Waals surface area (Å²) in [6.07, 6.45) is 4.99. The van der Waals surface area contributed by atoms with Crippen LogP contribution in [0.3, 0.4) is 0 Å². The van der Waals surface area contributed by atoms with E-state index in [1.165, 1.54) is 11.3 Å². The molecular formula is C9H9N3O2S. The molecule has 0 aliphatic heterocycles. The normalized spacial score (nSPS) is 10.5. The Bertz CT molecular complexity index is 489. The highest BCUT2D eigenvalue weighted by Crippen LogP contribution is 2.16. The molecule has 2 aromatic heterocycles. The largest absolute Gasteiger partial charge is 0.481 e. The van der Waals surface area contributed by atoms with Crippen LogP contribution in [0.1, 0.15) is 10.6 Å². The number of aromatic nitrogens is 3. The van der Waals surface area contributed by atoms with E-state index in [-0.39, 0.29) is 6.42 Å². The molecule has 0 aromatic carbocycles. The Morgan fingerprint density at radius 3 is 3.00 bits per heavy atom. The summed E-state index contributed by atoms with van der Waals surface area (Å²) in [7, 11) is 0. The summed E-state index contributed by atoms with van der Waals surface area (Å²) in [4.78, 5) is 14.6. The summed E-state index contributed by atoms with van der Waals surface area (Å²) >= 11 is 1.51. The van der Waals surface area contributed by atoms with Crippen LogP contribution in [0.4, 0.5) is 0 Å². The standard InChI is InChI=1S/C9H9N3O2S/c1-6-10-4-8(15-6)12-5-7(3-11-12)2-9(13)14/h3-5H,2H2,1H3,(H,13,14). The molecule has 0 unspecified atom stereocenters. The second-order valence-corrected chi connectivity index (χ2v) is 4.29. The maximum absolute atomic E-state index is 10.5. The van der Waals surface area contributed by atoms with E-state index in [1.807, 2.05) is 6.92 Å². The van der Waals surface area contributed by atoms with Crippen molar-refractivity contribution in [2.24, 2.45) is 0 Å². The van der Waals surface area contributed by atoms with Crippen molar-refractivity contribution in [1.29, 1.82) is 0 Å². The lowest BCUT2D eigenvalue weighted by Crippen LogP contribution is -1.98. The van der Waals surface area contributed by atoms with Gasteiger partial charge in [-0.1, -0.05) is 11.3 Å². The third-order valence-electron chi connectivity index (χ3n) is 1.83. The predicted molar refractivity (Wildman–Crippen MR) is 55.3 cm³/mol. The zero-order valence-electron chi connectivity index (χ0n) is 8.04. The molecule has 2 aromatic rings. The molecule has 0 spiro atoms. The molecule has 2 rings (SSSR count).